The Labute approximate surface area is 118 Å². The van der Waals surface area contributed by atoms with Crippen molar-refractivity contribution in [2.45, 2.75) is 12.3 Å². The van der Waals surface area contributed by atoms with Crippen molar-refractivity contribution in [1.82, 2.24) is 0 Å². The molecular weight excluding hydrogens is 252 g/mol. The maximum absolute atomic E-state index is 9.31. The van der Waals surface area contributed by atoms with E-state index < -0.39 is 0 Å². The summed E-state index contributed by atoms with van der Waals surface area (Å²) in [6, 6.07) is 14.0. The minimum absolute atomic E-state index is 0.0920. The lowest BCUT2D eigenvalue weighted by Gasteiger charge is -2.12. The number of phenolic OH excluding ortho intramolecular Hbond substituents is 2. The van der Waals surface area contributed by atoms with Gasteiger partial charge in [0.15, 0.2) is 0 Å². The van der Waals surface area contributed by atoms with Gasteiger partial charge in [0.25, 0.3) is 0 Å². The number of aliphatic hydroxyl groups excluding tert-OH is 1. The number of hydrogen-bond donors (Lipinski definition) is 3. The van der Waals surface area contributed by atoms with Crippen molar-refractivity contribution in [2.24, 2.45) is 0 Å². The molecule has 0 heterocycles. The molecule has 1 atom stereocenters. The first-order chi connectivity index (χ1) is 9.69. The second-order valence-corrected chi connectivity index (χ2v) is 4.66. The SMILES string of the molecule is OCC[C@@H](/C=C\c1ccc(O)cc1)c1ccc(O)cc1. The van der Waals surface area contributed by atoms with E-state index in [1.165, 1.54) is 0 Å². The molecule has 20 heavy (non-hydrogen) atoms. The molecule has 2 rings (SSSR count). The van der Waals surface area contributed by atoms with E-state index in [2.05, 4.69) is 0 Å². The van der Waals surface area contributed by atoms with Gasteiger partial charge in [0.1, 0.15) is 11.5 Å². The Morgan fingerprint density at radius 1 is 0.850 bits per heavy atom. The Morgan fingerprint density at radius 2 is 1.40 bits per heavy atom. The Bertz CT molecular complexity index is 556. The maximum atomic E-state index is 9.31. The van der Waals surface area contributed by atoms with Gasteiger partial charge >= 0.3 is 0 Å². The standard InChI is InChI=1S/C17H18O3/c18-12-11-15(14-5-9-17(20)10-6-14)4-1-13-2-7-16(19)8-3-13/h1-10,15,18-20H,11-12H2/b4-1-/t15-/m1/s1. The minimum Gasteiger partial charge on any atom is -0.508 e. The van der Waals surface area contributed by atoms with Gasteiger partial charge in [0.05, 0.1) is 0 Å². The highest BCUT2D eigenvalue weighted by Gasteiger charge is 2.07. The summed E-state index contributed by atoms with van der Waals surface area (Å²) in [6.07, 6.45) is 4.61. The van der Waals surface area contributed by atoms with E-state index in [1.807, 2.05) is 36.4 Å². The third-order valence-electron chi connectivity index (χ3n) is 3.18. The molecule has 104 valence electrons. The van der Waals surface area contributed by atoms with Gasteiger partial charge in [-0.1, -0.05) is 36.4 Å². The fraction of sp³-hybridized carbons (Fsp3) is 0.176. The van der Waals surface area contributed by atoms with Gasteiger partial charge in [-0.2, -0.15) is 0 Å². The number of allylic oxidation sites excluding steroid dienone is 1. The summed E-state index contributed by atoms with van der Waals surface area (Å²) in [7, 11) is 0. The molecule has 0 fully saturated rings. The number of rotatable bonds is 5. The van der Waals surface area contributed by atoms with Crippen molar-refractivity contribution in [3.8, 4) is 11.5 Å². The number of hydrogen-bond acceptors (Lipinski definition) is 3. The summed E-state index contributed by atoms with van der Waals surface area (Å²) in [5.41, 5.74) is 2.04. The zero-order valence-corrected chi connectivity index (χ0v) is 11.1. The molecule has 2 aromatic carbocycles. The lowest BCUT2D eigenvalue weighted by atomic mass is 9.95. The average molecular weight is 270 g/mol. The van der Waals surface area contributed by atoms with Gasteiger partial charge in [-0.15, -0.1) is 0 Å². The van der Waals surface area contributed by atoms with Gasteiger partial charge in [0.2, 0.25) is 0 Å². The van der Waals surface area contributed by atoms with Crippen molar-refractivity contribution in [1.29, 1.82) is 0 Å². The predicted octanol–water partition coefficient (Wildman–Crippen LogP) is 3.28. The Balaban J connectivity index is 2.16. The van der Waals surface area contributed by atoms with Crippen LogP contribution in [-0.4, -0.2) is 21.9 Å². The molecule has 0 aliphatic heterocycles. The molecule has 0 saturated heterocycles. The number of aliphatic hydroxyl groups is 1. The smallest absolute Gasteiger partial charge is 0.115 e. The third kappa shape index (κ3) is 3.87. The Kier molecular flexibility index (Phi) is 4.80. The largest absolute Gasteiger partial charge is 0.508 e. The van der Waals surface area contributed by atoms with Crippen LogP contribution in [0.3, 0.4) is 0 Å². The van der Waals surface area contributed by atoms with Crippen molar-refractivity contribution in [3.05, 3.63) is 65.7 Å². The maximum Gasteiger partial charge on any atom is 0.115 e. The first kappa shape index (κ1) is 14.2. The van der Waals surface area contributed by atoms with Crippen LogP contribution in [0, 0.1) is 0 Å². The van der Waals surface area contributed by atoms with Crippen molar-refractivity contribution < 1.29 is 15.3 Å². The first-order valence-corrected chi connectivity index (χ1v) is 6.56. The van der Waals surface area contributed by atoms with Gasteiger partial charge < -0.3 is 15.3 Å². The van der Waals surface area contributed by atoms with Crippen molar-refractivity contribution in [2.75, 3.05) is 6.61 Å². The molecule has 0 spiro atoms. The first-order valence-electron chi connectivity index (χ1n) is 6.56. The topological polar surface area (TPSA) is 60.7 Å². The lowest BCUT2D eigenvalue weighted by Crippen LogP contribution is -1.98. The van der Waals surface area contributed by atoms with Gasteiger partial charge in [-0.05, 0) is 41.8 Å². The van der Waals surface area contributed by atoms with Crippen LogP contribution in [0.5, 0.6) is 11.5 Å². The van der Waals surface area contributed by atoms with E-state index in [0.29, 0.717) is 6.42 Å². The predicted molar refractivity (Wildman–Crippen MR) is 79.7 cm³/mol. The highest BCUT2D eigenvalue weighted by molar-refractivity contribution is 5.52. The molecule has 0 bridgehead atoms. The minimum atomic E-state index is 0.0920. The molecule has 0 radical (unpaired) electrons. The van der Waals surface area contributed by atoms with Crippen LogP contribution < -0.4 is 0 Å². The molecule has 0 aromatic heterocycles. The van der Waals surface area contributed by atoms with Gasteiger partial charge in [0, 0.05) is 12.5 Å². The normalized spacial score (nSPS) is 12.7. The monoisotopic (exact) mass is 270 g/mol. The molecule has 0 amide bonds. The number of benzene rings is 2. The molecular formula is C17H18O3. The number of phenols is 2. The fourth-order valence-electron chi connectivity index (χ4n) is 2.05. The van der Waals surface area contributed by atoms with Crippen LogP contribution >= 0.6 is 0 Å². The van der Waals surface area contributed by atoms with Crippen LogP contribution in [-0.2, 0) is 0 Å². The average Bonchev–Trinajstić information content (AvgIpc) is 2.46. The number of aromatic hydroxyl groups is 2. The van der Waals surface area contributed by atoms with Crippen molar-refractivity contribution in [3.63, 3.8) is 0 Å². The summed E-state index contributed by atoms with van der Waals surface area (Å²) >= 11 is 0. The van der Waals surface area contributed by atoms with Gasteiger partial charge in [-0.25, -0.2) is 0 Å². The molecule has 0 saturated carbocycles. The highest BCUT2D eigenvalue weighted by Crippen LogP contribution is 2.24. The van der Waals surface area contributed by atoms with Crippen LogP contribution in [0.1, 0.15) is 23.5 Å². The fourth-order valence-corrected chi connectivity index (χ4v) is 2.05. The van der Waals surface area contributed by atoms with E-state index in [0.717, 1.165) is 11.1 Å². The summed E-state index contributed by atoms with van der Waals surface area (Å²) < 4.78 is 0. The van der Waals surface area contributed by atoms with E-state index in [-0.39, 0.29) is 24.0 Å². The molecule has 0 unspecified atom stereocenters. The van der Waals surface area contributed by atoms with E-state index in [4.69, 9.17) is 5.11 Å². The van der Waals surface area contributed by atoms with E-state index in [1.54, 1.807) is 24.3 Å². The van der Waals surface area contributed by atoms with E-state index >= 15 is 0 Å². The van der Waals surface area contributed by atoms with Crippen molar-refractivity contribution >= 4 is 6.08 Å². The summed E-state index contributed by atoms with van der Waals surface area (Å²) in [4.78, 5) is 0. The Hall–Kier alpha value is -2.26. The summed E-state index contributed by atoms with van der Waals surface area (Å²) in [5.74, 6) is 0.570. The summed E-state index contributed by atoms with van der Waals surface area (Å²) in [6.45, 7) is 0.103. The molecule has 0 aliphatic carbocycles. The zero-order chi connectivity index (χ0) is 14.4. The second kappa shape index (κ2) is 6.78. The third-order valence-corrected chi connectivity index (χ3v) is 3.18. The Morgan fingerprint density at radius 3 is 1.95 bits per heavy atom. The highest BCUT2D eigenvalue weighted by atomic mass is 16.3. The van der Waals surface area contributed by atoms with Crippen LogP contribution in [0.25, 0.3) is 6.08 Å². The molecule has 3 N–H and O–H groups in total. The van der Waals surface area contributed by atoms with Crippen LogP contribution in [0.4, 0.5) is 0 Å². The zero-order valence-electron chi connectivity index (χ0n) is 11.1. The quantitative estimate of drug-likeness (QED) is 0.781. The van der Waals surface area contributed by atoms with Crippen LogP contribution in [0.15, 0.2) is 54.6 Å². The van der Waals surface area contributed by atoms with Crippen LogP contribution in [0.2, 0.25) is 0 Å². The molecule has 0 aliphatic rings. The molecule has 2 aromatic rings. The molecule has 3 nitrogen and oxygen atoms in total. The second-order valence-electron chi connectivity index (χ2n) is 4.66. The lowest BCUT2D eigenvalue weighted by molar-refractivity contribution is 0.283. The summed E-state index contributed by atoms with van der Waals surface area (Å²) in [5, 5.41) is 27.7. The molecule has 3 heteroatoms. The van der Waals surface area contributed by atoms with Gasteiger partial charge in [-0.3, -0.25) is 0 Å². The van der Waals surface area contributed by atoms with E-state index in [9.17, 15) is 10.2 Å².